The molecule has 0 radical (unpaired) electrons. The lowest BCUT2D eigenvalue weighted by molar-refractivity contribution is 0.354. The Balaban J connectivity index is 2.23. The van der Waals surface area contributed by atoms with Crippen molar-refractivity contribution >= 4 is 15.9 Å². The summed E-state index contributed by atoms with van der Waals surface area (Å²) in [6.07, 6.45) is 0.508. The lowest BCUT2D eigenvalue weighted by Crippen LogP contribution is -2.15. The second-order valence-corrected chi connectivity index (χ2v) is 5.50. The van der Waals surface area contributed by atoms with Crippen LogP contribution in [0.15, 0.2) is 40.9 Å². The van der Waals surface area contributed by atoms with Gasteiger partial charge in [-0.05, 0) is 46.1 Å². The molecule has 2 rings (SSSR count). The van der Waals surface area contributed by atoms with Gasteiger partial charge in [0.05, 0.1) is 18.7 Å². The Hall–Kier alpha value is -1.59. The Labute approximate surface area is 132 Å². The fraction of sp³-hybridized carbons (Fsp3) is 0.250. The number of halogens is 2. The van der Waals surface area contributed by atoms with E-state index in [1.54, 1.807) is 32.4 Å². The fourth-order valence-electron chi connectivity index (χ4n) is 2.18. The van der Waals surface area contributed by atoms with Crippen LogP contribution in [0.4, 0.5) is 4.39 Å². The summed E-state index contributed by atoms with van der Waals surface area (Å²) >= 11 is 3.17. The van der Waals surface area contributed by atoms with Crippen molar-refractivity contribution in [1.82, 2.24) is 0 Å². The van der Waals surface area contributed by atoms with Crippen LogP contribution in [-0.4, -0.2) is 14.2 Å². The summed E-state index contributed by atoms with van der Waals surface area (Å²) in [6, 6.07) is 10.3. The molecule has 2 aromatic carbocycles. The molecule has 0 saturated carbocycles. The largest absolute Gasteiger partial charge is 0.493 e. The zero-order valence-corrected chi connectivity index (χ0v) is 13.5. The Morgan fingerprint density at radius 2 is 1.86 bits per heavy atom. The van der Waals surface area contributed by atoms with Crippen LogP contribution in [0.5, 0.6) is 11.5 Å². The number of hydrogen-bond donors (Lipinski definition) is 1. The summed E-state index contributed by atoms with van der Waals surface area (Å²) in [5.41, 5.74) is 7.57. The van der Waals surface area contributed by atoms with E-state index in [0.717, 1.165) is 5.56 Å². The van der Waals surface area contributed by atoms with Gasteiger partial charge in [-0.3, -0.25) is 0 Å². The lowest BCUT2D eigenvalue weighted by Gasteiger charge is -2.15. The van der Waals surface area contributed by atoms with Crippen molar-refractivity contribution in [3.05, 3.63) is 57.8 Å². The van der Waals surface area contributed by atoms with E-state index >= 15 is 0 Å². The van der Waals surface area contributed by atoms with Crippen molar-refractivity contribution in [1.29, 1.82) is 0 Å². The first-order chi connectivity index (χ1) is 10.1. The second-order valence-electron chi connectivity index (χ2n) is 4.64. The van der Waals surface area contributed by atoms with Crippen LogP contribution in [0.2, 0.25) is 0 Å². The van der Waals surface area contributed by atoms with Crippen molar-refractivity contribution in [3.8, 4) is 11.5 Å². The summed E-state index contributed by atoms with van der Waals surface area (Å²) in [7, 11) is 3.16. The van der Waals surface area contributed by atoms with E-state index in [1.165, 1.54) is 0 Å². The van der Waals surface area contributed by atoms with E-state index in [1.807, 2.05) is 18.2 Å². The molecule has 0 aliphatic rings. The van der Waals surface area contributed by atoms with E-state index in [0.29, 0.717) is 28.0 Å². The summed E-state index contributed by atoms with van der Waals surface area (Å²) in [5, 5.41) is 0. The topological polar surface area (TPSA) is 44.5 Å². The maximum Gasteiger partial charge on any atom is 0.160 e. The maximum atomic E-state index is 14.0. The molecule has 0 aliphatic heterocycles. The highest BCUT2D eigenvalue weighted by Crippen LogP contribution is 2.30. The molecule has 112 valence electrons. The average Bonchev–Trinajstić information content (AvgIpc) is 2.49. The van der Waals surface area contributed by atoms with E-state index < -0.39 is 6.04 Å². The Bertz CT molecular complexity index is 634. The average molecular weight is 354 g/mol. The van der Waals surface area contributed by atoms with Gasteiger partial charge in [0.25, 0.3) is 0 Å². The Morgan fingerprint density at radius 3 is 2.52 bits per heavy atom. The summed E-state index contributed by atoms with van der Waals surface area (Å²) < 4.78 is 24.9. The summed E-state index contributed by atoms with van der Waals surface area (Å²) in [5.74, 6) is 0.978. The van der Waals surface area contributed by atoms with Crippen LogP contribution in [-0.2, 0) is 6.42 Å². The summed E-state index contributed by atoms with van der Waals surface area (Å²) in [6.45, 7) is 0. The zero-order chi connectivity index (χ0) is 15.4. The first kappa shape index (κ1) is 15.8. The van der Waals surface area contributed by atoms with Gasteiger partial charge in [-0.25, -0.2) is 4.39 Å². The molecule has 2 N–H and O–H groups in total. The van der Waals surface area contributed by atoms with E-state index in [4.69, 9.17) is 15.2 Å². The fourth-order valence-corrected chi connectivity index (χ4v) is 2.56. The molecule has 3 nitrogen and oxygen atoms in total. The molecule has 1 unspecified atom stereocenters. The minimum absolute atomic E-state index is 0.314. The Kier molecular flexibility index (Phi) is 5.20. The molecule has 0 saturated heterocycles. The molecule has 1 atom stereocenters. The van der Waals surface area contributed by atoms with Crippen molar-refractivity contribution in [2.45, 2.75) is 12.5 Å². The predicted octanol–water partition coefficient (Wildman–Crippen LogP) is 3.85. The molecule has 0 heterocycles. The van der Waals surface area contributed by atoms with E-state index in [9.17, 15) is 4.39 Å². The summed E-state index contributed by atoms with van der Waals surface area (Å²) in [4.78, 5) is 0. The minimum atomic E-state index is -0.430. The highest BCUT2D eigenvalue weighted by atomic mass is 79.9. The minimum Gasteiger partial charge on any atom is -0.493 e. The quantitative estimate of drug-likeness (QED) is 0.887. The van der Waals surface area contributed by atoms with Crippen molar-refractivity contribution in [2.75, 3.05) is 14.2 Å². The third-order valence-electron chi connectivity index (χ3n) is 3.28. The van der Waals surface area contributed by atoms with Gasteiger partial charge in [0, 0.05) is 11.6 Å². The van der Waals surface area contributed by atoms with Crippen molar-refractivity contribution < 1.29 is 13.9 Å². The second kappa shape index (κ2) is 6.91. The molecule has 0 amide bonds. The molecule has 0 fully saturated rings. The van der Waals surface area contributed by atoms with Gasteiger partial charge in [0.1, 0.15) is 5.82 Å². The van der Waals surface area contributed by atoms with Crippen LogP contribution in [0.25, 0.3) is 0 Å². The van der Waals surface area contributed by atoms with Gasteiger partial charge >= 0.3 is 0 Å². The molecule has 0 aliphatic carbocycles. The van der Waals surface area contributed by atoms with Crippen LogP contribution < -0.4 is 15.2 Å². The SMILES string of the molecule is COc1ccc(CC(N)c2cccc(Br)c2F)cc1OC. The molecule has 21 heavy (non-hydrogen) atoms. The van der Waals surface area contributed by atoms with Gasteiger partial charge < -0.3 is 15.2 Å². The number of benzene rings is 2. The van der Waals surface area contributed by atoms with Gasteiger partial charge in [0.15, 0.2) is 11.5 Å². The highest BCUT2D eigenvalue weighted by molar-refractivity contribution is 9.10. The maximum absolute atomic E-state index is 14.0. The Morgan fingerprint density at radius 1 is 1.14 bits per heavy atom. The van der Waals surface area contributed by atoms with Gasteiger partial charge in [-0.15, -0.1) is 0 Å². The molecular formula is C16H17BrFNO2. The predicted molar refractivity (Wildman–Crippen MR) is 84.3 cm³/mol. The van der Waals surface area contributed by atoms with Crippen molar-refractivity contribution in [2.24, 2.45) is 5.73 Å². The van der Waals surface area contributed by atoms with E-state index in [-0.39, 0.29) is 5.82 Å². The number of ether oxygens (including phenoxy) is 2. The zero-order valence-electron chi connectivity index (χ0n) is 11.9. The van der Waals surface area contributed by atoms with Gasteiger partial charge in [-0.1, -0.05) is 18.2 Å². The van der Waals surface area contributed by atoms with Crippen LogP contribution in [0, 0.1) is 5.82 Å². The highest BCUT2D eigenvalue weighted by Gasteiger charge is 2.15. The van der Waals surface area contributed by atoms with E-state index in [2.05, 4.69) is 15.9 Å². The molecular weight excluding hydrogens is 337 g/mol. The first-order valence-electron chi connectivity index (χ1n) is 6.47. The van der Waals surface area contributed by atoms with Gasteiger partial charge in [0.2, 0.25) is 0 Å². The standard InChI is InChI=1S/C16H17BrFNO2/c1-20-14-7-6-10(9-15(14)21-2)8-13(19)11-4-3-5-12(17)16(11)18/h3-7,9,13H,8,19H2,1-2H3. The smallest absolute Gasteiger partial charge is 0.160 e. The molecule has 2 aromatic rings. The van der Waals surface area contributed by atoms with Gasteiger partial charge in [-0.2, -0.15) is 0 Å². The number of nitrogens with two attached hydrogens (primary N) is 1. The molecule has 0 aromatic heterocycles. The molecule has 5 heteroatoms. The monoisotopic (exact) mass is 353 g/mol. The lowest BCUT2D eigenvalue weighted by atomic mass is 9.99. The number of methoxy groups -OCH3 is 2. The third-order valence-corrected chi connectivity index (χ3v) is 3.90. The molecule has 0 bridgehead atoms. The first-order valence-corrected chi connectivity index (χ1v) is 7.26. The van der Waals surface area contributed by atoms with Crippen LogP contribution in [0.3, 0.4) is 0 Å². The number of hydrogen-bond acceptors (Lipinski definition) is 3. The van der Waals surface area contributed by atoms with Crippen LogP contribution in [0.1, 0.15) is 17.2 Å². The number of rotatable bonds is 5. The van der Waals surface area contributed by atoms with Crippen molar-refractivity contribution in [3.63, 3.8) is 0 Å². The normalized spacial score (nSPS) is 12.0. The molecule has 0 spiro atoms. The van der Waals surface area contributed by atoms with Crippen LogP contribution >= 0.6 is 15.9 Å². The third kappa shape index (κ3) is 3.54.